The Labute approximate surface area is 190 Å². The molecule has 1 fully saturated rings. The van der Waals surface area contributed by atoms with E-state index in [1.165, 1.54) is 16.3 Å². The van der Waals surface area contributed by atoms with Crippen LogP contribution in [0, 0.1) is 0 Å². The Bertz CT molecular complexity index is 1050. The van der Waals surface area contributed by atoms with E-state index in [0.29, 0.717) is 13.0 Å². The molecular weight excluding hydrogens is 398 g/mol. The van der Waals surface area contributed by atoms with Gasteiger partial charge in [0.05, 0.1) is 12.6 Å². The van der Waals surface area contributed by atoms with Crippen molar-refractivity contribution < 1.29 is 9.59 Å². The molecule has 5 nitrogen and oxygen atoms in total. The molecule has 0 aromatic heterocycles. The predicted octanol–water partition coefficient (Wildman–Crippen LogP) is 3.27. The lowest BCUT2D eigenvalue weighted by molar-refractivity contribution is -0.127. The van der Waals surface area contributed by atoms with Crippen molar-refractivity contribution in [1.29, 1.82) is 0 Å². The van der Waals surface area contributed by atoms with Crippen molar-refractivity contribution in [2.45, 2.75) is 25.9 Å². The van der Waals surface area contributed by atoms with Crippen LogP contribution in [0.25, 0.3) is 10.8 Å². The second kappa shape index (κ2) is 10.5. The fourth-order valence-electron chi connectivity index (χ4n) is 4.37. The van der Waals surface area contributed by atoms with Crippen molar-refractivity contribution in [3.8, 4) is 0 Å². The van der Waals surface area contributed by atoms with Crippen LogP contribution < -0.4 is 5.32 Å². The number of hydrogen-bond donors (Lipinski definition) is 1. The second-order valence-corrected chi connectivity index (χ2v) is 8.61. The fourth-order valence-corrected chi connectivity index (χ4v) is 4.37. The third-order valence-corrected chi connectivity index (χ3v) is 6.21. The number of Topliss-reactive ketones (excluding diaryl/α,β-unsaturated/α-hetero) is 1. The number of ketones is 1. The number of nitrogens with zero attached hydrogens (tertiary/aromatic N) is 2. The summed E-state index contributed by atoms with van der Waals surface area (Å²) in [4.78, 5) is 29.3. The van der Waals surface area contributed by atoms with Gasteiger partial charge < -0.3 is 5.32 Å². The third-order valence-electron chi connectivity index (χ3n) is 6.21. The highest BCUT2D eigenvalue weighted by Gasteiger charge is 2.22. The van der Waals surface area contributed by atoms with Crippen molar-refractivity contribution in [2.24, 2.45) is 0 Å². The Balaban J connectivity index is 1.27. The Hall–Kier alpha value is -3.02. The predicted molar refractivity (Wildman–Crippen MR) is 128 cm³/mol. The summed E-state index contributed by atoms with van der Waals surface area (Å²) in [5, 5.41) is 5.52. The normalized spacial score (nSPS) is 16.0. The number of piperazine rings is 1. The standard InChI is InChI=1S/C27H31N3O2/c1-21(31)26(18-22-8-3-2-4-9-22)28-27(32)20-30-16-14-29(15-17-30)19-24-12-7-11-23-10-5-6-13-25(23)24/h2-13,26H,14-20H2,1H3,(H,28,32)/t26-/m0/s1. The summed E-state index contributed by atoms with van der Waals surface area (Å²) >= 11 is 0. The molecule has 5 heteroatoms. The van der Waals surface area contributed by atoms with Gasteiger partial charge in [-0.1, -0.05) is 72.8 Å². The molecule has 1 heterocycles. The molecule has 3 aromatic carbocycles. The Morgan fingerprint density at radius 3 is 2.25 bits per heavy atom. The van der Waals surface area contributed by atoms with Crippen LogP contribution in [0.2, 0.25) is 0 Å². The first-order valence-corrected chi connectivity index (χ1v) is 11.3. The van der Waals surface area contributed by atoms with Crippen molar-refractivity contribution in [3.05, 3.63) is 83.9 Å². The lowest BCUT2D eigenvalue weighted by Gasteiger charge is -2.34. The van der Waals surface area contributed by atoms with Crippen LogP contribution in [0.15, 0.2) is 72.8 Å². The van der Waals surface area contributed by atoms with E-state index in [2.05, 4.69) is 57.6 Å². The molecule has 32 heavy (non-hydrogen) atoms. The molecular formula is C27H31N3O2. The highest BCUT2D eigenvalue weighted by molar-refractivity contribution is 5.88. The largest absolute Gasteiger partial charge is 0.345 e. The van der Waals surface area contributed by atoms with Crippen molar-refractivity contribution in [3.63, 3.8) is 0 Å². The van der Waals surface area contributed by atoms with Crippen LogP contribution in [0.5, 0.6) is 0 Å². The van der Waals surface area contributed by atoms with Crippen LogP contribution in [0.1, 0.15) is 18.1 Å². The molecule has 1 saturated heterocycles. The van der Waals surface area contributed by atoms with Crippen LogP contribution in [-0.4, -0.2) is 60.3 Å². The van der Waals surface area contributed by atoms with Gasteiger partial charge in [-0.15, -0.1) is 0 Å². The van der Waals surface area contributed by atoms with E-state index in [-0.39, 0.29) is 11.7 Å². The first kappa shape index (κ1) is 22.2. The van der Waals surface area contributed by atoms with E-state index < -0.39 is 6.04 Å². The zero-order valence-electron chi connectivity index (χ0n) is 18.7. The molecule has 0 spiro atoms. The number of rotatable bonds is 8. The first-order chi connectivity index (χ1) is 15.6. The van der Waals surface area contributed by atoms with Gasteiger partial charge in [0, 0.05) is 32.7 Å². The van der Waals surface area contributed by atoms with E-state index >= 15 is 0 Å². The smallest absolute Gasteiger partial charge is 0.234 e. The summed E-state index contributed by atoms with van der Waals surface area (Å²) in [5.74, 6) is -0.0919. The van der Waals surface area contributed by atoms with Gasteiger partial charge in [-0.2, -0.15) is 0 Å². The Morgan fingerprint density at radius 2 is 1.50 bits per heavy atom. The van der Waals surface area contributed by atoms with Gasteiger partial charge in [0.1, 0.15) is 0 Å². The molecule has 4 rings (SSSR count). The summed E-state index contributed by atoms with van der Waals surface area (Å²) < 4.78 is 0. The molecule has 0 aliphatic carbocycles. The molecule has 0 radical (unpaired) electrons. The number of benzene rings is 3. The van der Waals surface area contributed by atoms with Gasteiger partial charge in [-0.25, -0.2) is 0 Å². The number of carbonyl (C=O) groups is 2. The molecule has 0 unspecified atom stereocenters. The molecule has 0 bridgehead atoms. The van der Waals surface area contributed by atoms with Gasteiger partial charge in [0.2, 0.25) is 5.91 Å². The average Bonchev–Trinajstić information content (AvgIpc) is 2.81. The molecule has 1 aliphatic heterocycles. The van der Waals surface area contributed by atoms with Gasteiger partial charge >= 0.3 is 0 Å². The number of carbonyl (C=O) groups excluding carboxylic acids is 2. The van der Waals surface area contributed by atoms with Crippen molar-refractivity contribution in [2.75, 3.05) is 32.7 Å². The molecule has 1 amide bonds. The van der Waals surface area contributed by atoms with Crippen molar-refractivity contribution >= 4 is 22.5 Å². The molecule has 1 atom stereocenters. The van der Waals surface area contributed by atoms with Gasteiger partial charge in [0.15, 0.2) is 5.78 Å². The van der Waals surface area contributed by atoms with Crippen LogP contribution in [0.4, 0.5) is 0 Å². The van der Waals surface area contributed by atoms with Gasteiger partial charge in [-0.3, -0.25) is 19.4 Å². The van der Waals surface area contributed by atoms with E-state index in [1.807, 2.05) is 30.3 Å². The van der Waals surface area contributed by atoms with Crippen LogP contribution in [0.3, 0.4) is 0 Å². The first-order valence-electron chi connectivity index (χ1n) is 11.3. The maximum Gasteiger partial charge on any atom is 0.234 e. The lowest BCUT2D eigenvalue weighted by atomic mass is 10.0. The fraction of sp³-hybridized carbons (Fsp3) is 0.333. The van der Waals surface area contributed by atoms with Gasteiger partial charge in [-0.05, 0) is 35.2 Å². The maximum atomic E-state index is 12.6. The second-order valence-electron chi connectivity index (χ2n) is 8.61. The minimum absolute atomic E-state index is 0.0119. The van der Waals surface area contributed by atoms with Crippen molar-refractivity contribution in [1.82, 2.24) is 15.1 Å². The number of nitrogens with one attached hydrogen (secondary N) is 1. The summed E-state index contributed by atoms with van der Waals surface area (Å²) in [7, 11) is 0. The van der Waals surface area contributed by atoms with E-state index in [1.54, 1.807) is 6.92 Å². The monoisotopic (exact) mass is 429 g/mol. The zero-order chi connectivity index (χ0) is 22.3. The van der Waals surface area contributed by atoms with E-state index in [0.717, 1.165) is 38.3 Å². The summed E-state index contributed by atoms with van der Waals surface area (Å²) in [5.41, 5.74) is 2.40. The minimum Gasteiger partial charge on any atom is -0.345 e. The average molecular weight is 430 g/mol. The third kappa shape index (κ3) is 5.81. The minimum atomic E-state index is -0.474. The zero-order valence-corrected chi connectivity index (χ0v) is 18.7. The molecule has 1 N–H and O–H groups in total. The van der Waals surface area contributed by atoms with E-state index in [9.17, 15) is 9.59 Å². The lowest BCUT2D eigenvalue weighted by Crippen LogP contribution is -2.51. The topological polar surface area (TPSA) is 52.7 Å². The number of amides is 1. The Kier molecular flexibility index (Phi) is 7.30. The number of hydrogen-bond acceptors (Lipinski definition) is 4. The molecule has 3 aromatic rings. The molecule has 166 valence electrons. The highest BCUT2D eigenvalue weighted by atomic mass is 16.2. The highest BCUT2D eigenvalue weighted by Crippen LogP contribution is 2.20. The summed E-state index contributed by atoms with van der Waals surface area (Å²) in [6.45, 7) is 6.35. The maximum absolute atomic E-state index is 12.6. The molecule has 0 saturated carbocycles. The summed E-state index contributed by atoms with van der Waals surface area (Å²) in [6, 6.07) is 24.3. The van der Waals surface area contributed by atoms with Crippen LogP contribution >= 0.6 is 0 Å². The Morgan fingerprint density at radius 1 is 0.844 bits per heavy atom. The van der Waals surface area contributed by atoms with E-state index in [4.69, 9.17) is 0 Å². The number of fused-ring (bicyclic) bond motifs is 1. The molecule has 1 aliphatic rings. The summed E-state index contributed by atoms with van der Waals surface area (Å²) in [6.07, 6.45) is 0.528. The SMILES string of the molecule is CC(=O)[C@H](Cc1ccccc1)NC(=O)CN1CCN(Cc2cccc3ccccc23)CC1. The van der Waals surface area contributed by atoms with Crippen LogP contribution in [-0.2, 0) is 22.6 Å². The quantitative estimate of drug-likeness (QED) is 0.597. The van der Waals surface area contributed by atoms with Gasteiger partial charge in [0.25, 0.3) is 0 Å².